The minimum atomic E-state index is 0.998. The molecule has 0 unspecified atom stereocenters. The third-order valence-electron chi connectivity index (χ3n) is 4.24. The van der Waals surface area contributed by atoms with Gasteiger partial charge in [0.15, 0.2) is 0 Å². The molecule has 0 fully saturated rings. The highest BCUT2D eigenvalue weighted by Crippen LogP contribution is 2.31. The number of nitrogens with zero attached hydrogens (tertiary/aromatic N) is 4. The van der Waals surface area contributed by atoms with Crippen LogP contribution in [0.4, 0.5) is 0 Å². The van der Waals surface area contributed by atoms with Crippen LogP contribution >= 0.6 is 0 Å². The SMILES string of the molecule is Cn1ccc2cc3c4cccnc4c4cncn4c3cc21. The molecule has 4 aromatic heterocycles. The van der Waals surface area contributed by atoms with Crippen LogP contribution in [0.15, 0.2) is 55.2 Å². The Morgan fingerprint density at radius 1 is 1.00 bits per heavy atom. The van der Waals surface area contributed by atoms with Gasteiger partial charge in [-0.25, -0.2) is 4.98 Å². The molecule has 0 aliphatic carbocycles. The summed E-state index contributed by atoms with van der Waals surface area (Å²) < 4.78 is 4.27. The second kappa shape index (κ2) is 3.61. The summed E-state index contributed by atoms with van der Waals surface area (Å²) in [6.07, 6.45) is 7.67. The van der Waals surface area contributed by atoms with Crippen LogP contribution in [0.5, 0.6) is 0 Å². The standard InChI is InChI=1S/C17H12N4/c1-20-6-4-11-7-13-12-3-2-5-19-17(12)16-9-18-10-21(16)15(13)8-14(11)20/h2-10H,1H3. The van der Waals surface area contributed by atoms with E-state index in [4.69, 9.17) is 0 Å². The van der Waals surface area contributed by atoms with Gasteiger partial charge >= 0.3 is 0 Å². The molecule has 4 nitrogen and oxygen atoms in total. The second-order valence-electron chi connectivity index (χ2n) is 5.40. The fourth-order valence-electron chi connectivity index (χ4n) is 3.21. The lowest BCUT2D eigenvalue weighted by Crippen LogP contribution is -1.92. The van der Waals surface area contributed by atoms with Crippen molar-refractivity contribution in [2.45, 2.75) is 0 Å². The molecule has 0 N–H and O–H groups in total. The van der Waals surface area contributed by atoms with Crippen LogP contribution in [-0.2, 0) is 7.05 Å². The molecule has 4 heteroatoms. The molecule has 1 aromatic carbocycles. The highest BCUT2D eigenvalue weighted by atomic mass is 15.0. The van der Waals surface area contributed by atoms with E-state index in [0.29, 0.717) is 0 Å². The summed E-state index contributed by atoms with van der Waals surface area (Å²) >= 11 is 0. The number of aromatic nitrogens is 4. The summed E-state index contributed by atoms with van der Waals surface area (Å²) in [5.41, 5.74) is 4.43. The average molecular weight is 272 g/mol. The molecule has 0 saturated heterocycles. The zero-order chi connectivity index (χ0) is 14.0. The van der Waals surface area contributed by atoms with Crippen molar-refractivity contribution in [1.82, 2.24) is 18.9 Å². The van der Waals surface area contributed by atoms with E-state index in [-0.39, 0.29) is 0 Å². The van der Waals surface area contributed by atoms with Crippen molar-refractivity contribution in [3.8, 4) is 0 Å². The molecule has 4 heterocycles. The fraction of sp³-hybridized carbons (Fsp3) is 0.0588. The maximum Gasteiger partial charge on any atom is 0.0997 e. The number of imidazole rings is 1. The first-order valence-electron chi connectivity index (χ1n) is 6.90. The van der Waals surface area contributed by atoms with Gasteiger partial charge in [-0.1, -0.05) is 6.07 Å². The van der Waals surface area contributed by atoms with Crippen molar-refractivity contribution in [3.63, 3.8) is 0 Å². The first-order chi connectivity index (χ1) is 10.3. The number of hydrogen-bond acceptors (Lipinski definition) is 2. The van der Waals surface area contributed by atoms with Gasteiger partial charge in [0.1, 0.15) is 0 Å². The molecule has 0 spiro atoms. The van der Waals surface area contributed by atoms with E-state index >= 15 is 0 Å². The fourth-order valence-corrected chi connectivity index (χ4v) is 3.21. The van der Waals surface area contributed by atoms with E-state index in [9.17, 15) is 0 Å². The van der Waals surface area contributed by atoms with Crippen molar-refractivity contribution in [1.29, 1.82) is 0 Å². The molecule has 0 aliphatic rings. The zero-order valence-corrected chi connectivity index (χ0v) is 11.5. The summed E-state index contributed by atoms with van der Waals surface area (Å²) in [4.78, 5) is 8.86. The molecule has 0 radical (unpaired) electrons. The Kier molecular flexibility index (Phi) is 1.86. The van der Waals surface area contributed by atoms with Crippen LogP contribution in [0.25, 0.3) is 38.2 Å². The van der Waals surface area contributed by atoms with Gasteiger partial charge in [0.2, 0.25) is 0 Å². The lowest BCUT2D eigenvalue weighted by Gasteiger charge is -2.08. The van der Waals surface area contributed by atoms with Gasteiger partial charge in [-0.05, 0) is 24.3 Å². The summed E-state index contributed by atoms with van der Waals surface area (Å²) in [6.45, 7) is 0. The van der Waals surface area contributed by atoms with E-state index in [1.165, 1.54) is 21.7 Å². The molecular weight excluding hydrogens is 260 g/mol. The van der Waals surface area contributed by atoms with E-state index in [2.05, 4.69) is 56.4 Å². The Morgan fingerprint density at radius 3 is 2.90 bits per heavy atom. The highest BCUT2D eigenvalue weighted by molar-refractivity contribution is 6.13. The number of pyridine rings is 2. The maximum absolute atomic E-state index is 4.55. The monoisotopic (exact) mass is 272 g/mol. The Morgan fingerprint density at radius 2 is 1.95 bits per heavy atom. The van der Waals surface area contributed by atoms with Crippen LogP contribution in [-0.4, -0.2) is 18.9 Å². The van der Waals surface area contributed by atoms with Gasteiger partial charge in [0.05, 0.1) is 29.1 Å². The summed E-state index contributed by atoms with van der Waals surface area (Å²) in [6, 6.07) is 10.7. The Labute approximate surface area is 120 Å². The number of benzene rings is 1. The number of fused-ring (bicyclic) bond motifs is 7. The van der Waals surface area contributed by atoms with Crippen LogP contribution in [0.1, 0.15) is 0 Å². The topological polar surface area (TPSA) is 35.1 Å². The molecule has 0 atom stereocenters. The van der Waals surface area contributed by atoms with E-state index in [0.717, 1.165) is 16.6 Å². The van der Waals surface area contributed by atoms with E-state index < -0.39 is 0 Å². The van der Waals surface area contributed by atoms with E-state index in [1.807, 2.05) is 24.8 Å². The summed E-state index contributed by atoms with van der Waals surface area (Å²) in [7, 11) is 2.07. The third-order valence-corrected chi connectivity index (χ3v) is 4.24. The predicted molar refractivity (Wildman–Crippen MR) is 84.5 cm³/mol. The van der Waals surface area contributed by atoms with Gasteiger partial charge in [0.25, 0.3) is 0 Å². The predicted octanol–water partition coefficient (Wildman–Crippen LogP) is 3.53. The van der Waals surface area contributed by atoms with E-state index in [1.54, 1.807) is 0 Å². The van der Waals surface area contributed by atoms with Gasteiger partial charge in [-0.3, -0.25) is 9.38 Å². The average Bonchev–Trinajstić information content (AvgIpc) is 3.14. The van der Waals surface area contributed by atoms with Gasteiger partial charge in [-0.15, -0.1) is 0 Å². The normalized spacial score (nSPS) is 12.0. The minimum Gasteiger partial charge on any atom is -0.350 e. The van der Waals surface area contributed by atoms with Gasteiger partial charge in [0, 0.05) is 41.1 Å². The molecule has 0 aliphatic heterocycles. The number of rotatable bonds is 0. The molecule has 21 heavy (non-hydrogen) atoms. The first-order valence-corrected chi connectivity index (χ1v) is 6.90. The lowest BCUT2D eigenvalue weighted by molar-refractivity contribution is 0.969. The van der Waals surface area contributed by atoms with Crippen molar-refractivity contribution >= 4 is 38.2 Å². The van der Waals surface area contributed by atoms with Crippen molar-refractivity contribution < 1.29 is 0 Å². The molecule has 0 saturated carbocycles. The lowest BCUT2D eigenvalue weighted by atomic mass is 10.1. The quantitative estimate of drug-likeness (QED) is 0.404. The zero-order valence-electron chi connectivity index (χ0n) is 11.5. The number of hydrogen-bond donors (Lipinski definition) is 0. The first kappa shape index (κ1) is 10.9. The summed E-state index contributed by atoms with van der Waals surface area (Å²) in [5.74, 6) is 0. The minimum absolute atomic E-state index is 0.998. The van der Waals surface area contributed by atoms with Crippen molar-refractivity contribution in [2.75, 3.05) is 0 Å². The maximum atomic E-state index is 4.55. The highest BCUT2D eigenvalue weighted by Gasteiger charge is 2.11. The molecule has 5 rings (SSSR count). The second-order valence-corrected chi connectivity index (χ2v) is 5.40. The molecule has 100 valence electrons. The van der Waals surface area contributed by atoms with Crippen molar-refractivity contribution in [2.24, 2.45) is 7.05 Å². The molecule has 0 amide bonds. The molecule has 5 aromatic rings. The molecular formula is C17H12N4. The Hall–Kier alpha value is -2.88. The smallest absolute Gasteiger partial charge is 0.0997 e. The summed E-state index contributed by atoms with van der Waals surface area (Å²) in [5, 5.41) is 3.63. The van der Waals surface area contributed by atoms with Crippen LogP contribution in [0.2, 0.25) is 0 Å². The number of aryl methyl sites for hydroxylation is 1. The third kappa shape index (κ3) is 1.29. The van der Waals surface area contributed by atoms with Crippen LogP contribution < -0.4 is 0 Å². The van der Waals surface area contributed by atoms with Gasteiger partial charge in [-0.2, -0.15) is 0 Å². The molecule has 0 bridgehead atoms. The van der Waals surface area contributed by atoms with Crippen LogP contribution in [0, 0.1) is 0 Å². The van der Waals surface area contributed by atoms with Crippen molar-refractivity contribution in [3.05, 3.63) is 55.2 Å². The largest absolute Gasteiger partial charge is 0.350 e. The Bertz CT molecular complexity index is 1150. The Balaban J connectivity index is 2.19. The van der Waals surface area contributed by atoms with Crippen LogP contribution in [0.3, 0.4) is 0 Å². The van der Waals surface area contributed by atoms with Gasteiger partial charge < -0.3 is 4.57 Å².